The van der Waals surface area contributed by atoms with Crippen LogP contribution in [0.4, 0.5) is 0 Å². The molecule has 0 saturated carbocycles. The number of hydrogen-bond acceptors (Lipinski definition) is 5. The standard InChI is InChI=1S/C23H24N2O4/c1-4-22(26)18-10-12-20(13-11-18)28-15-23(27)29-14-21-16(2)24-25(17(21)3)19-8-6-5-7-9-19/h5-13H,4,14-15H2,1-3H3. The molecule has 1 aromatic heterocycles. The van der Waals surface area contributed by atoms with Crippen molar-refractivity contribution >= 4 is 11.8 Å². The van der Waals surface area contributed by atoms with E-state index in [1.807, 2.05) is 55.8 Å². The van der Waals surface area contributed by atoms with Crippen LogP contribution in [0.15, 0.2) is 54.6 Å². The SMILES string of the molecule is CCC(=O)c1ccc(OCC(=O)OCc2c(C)nn(-c3ccccc3)c2C)cc1. The Bertz CT molecular complexity index is 992. The number of ketones is 1. The van der Waals surface area contributed by atoms with E-state index in [1.165, 1.54) is 0 Å². The average molecular weight is 392 g/mol. The van der Waals surface area contributed by atoms with Gasteiger partial charge in [0.1, 0.15) is 12.4 Å². The second-order valence-electron chi connectivity index (χ2n) is 6.65. The number of carbonyl (C=O) groups excluding carboxylic acids is 2. The Balaban J connectivity index is 1.56. The van der Waals surface area contributed by atoms with Gasteiger partial charge < -0.3 is 9.47 Å². The molecule has 150 valence electrons. The van der Waals surface area contributed by atoms with Gasteiger partial charge in [-0.1, -0.05) is 25.1 Å². The van der Waals surface area contributed by atoms with Crippen LogP contribution in [0.3, 0.4) is 0 Å². The molecular formula is C23H24N2O4. The summed E-state index contributed by atoms with van der Waals surface area (Å²) in [6.45, 7) is 5.59. The third kappa shape index (κ3) is 4.90. The van der Waals surface area contributed by atoms with Crippen molar-refractivity contribution in [1.82, 2.24) is 9.78 Å². The third-order valence-corrected chi connectivity index (χ3v) is 4.67. The van der Waals surface area contributed by atoms with Crippen LogP contribution < -0.4 is 4.74 Å². The molecule has 0 saturated heterocycles. The number of aryl methyl sites for hydroxylation is 1. The summed E-state index contributed by atoms with van der Waals surface area (Å²) in [5, 5.41) is 4.55. The summed E-state index contributed by atoms with van der Waals surface area (Å²) >= 11 is 0. The Morgan fingerprint density at radius 1 is 1.00 bits per heavy atom. The van der Waals surface area contributed by atoms with Gasteiger partial charge in [0.25, 0.3) is 0 Å². The van der Waals surface area contributed by atoms with E-state index in [2.05, 4.69) is 5.10 Å². The summed E-state index contributed by atoms with van der Waals surface area (Å²) in [5.41, 5.74) is 4.21. The Kier molecular flexibility index (Phi) is 6.44. The monoisotopic (exact) mass is 392 g/mol. The van der Waals surface area contributed by atoms with Crippen LogP contribution in [0.25, 0.3) is 5.69 Å². The Morgan fingerprint density at radius 2 is 1.69 bits per heavy atom. The van der Waals surface area contributed by atoms with Crippen LogP contribution in [0.1, 0.15) is 40.7 Å². The van der Waals surface area contributed by atoms with Crippen LogP contribution >= 0.6 is 0 Å². The fourth-order valence-corrected chi connectivity index (χ4v) is 2.98. The maximum atomic E-state index is 12.1. The molecule has 6 heteroatoms. The first kappa shape index (κ1) is 20.3. The van der Waals surface area contributed by atoms with E-state index in [0.29, 0.717) is 17.7 Å². The third-order valence-electron chi connectivity index (χ3n) is 4.67. The van der Waals surface area contributed by atoms with Gasteiger partial charge in [0.15, 0.2) is 12.4 Å². The normalized spacial score (nSPS) is 10.6. The zero-order chi connectivity index (χ0) is 20.8. The molecule has 0 aliphatic rings. The van der Waals surface area contributed by atoms with Crippen molar-refractivity contribution in [3.63, 3.8) is 0 Å². The topological polar surface area (TPSA) is 70.4 Å². The molecule has 3 aromatic rings. The zero-order valence-corrected chi connectivity index (χ0v) is 16.8. The van der Waals surface area contributed by atoms with Crippen molar-refractivity contribution in [3.8, 4) is 11.4 Å². The number of carbonyl (C=O) groups is 2. The summed E-state index contributed by atoms with van der Waals surface area (Å²) in [6.07, 6.45) is 0.451. The van der Waals surface area contributed by atoms with Crippen molar-refractivity contribution in [2.45, 2.75) is 33.8 Å². The van der Waals surface area contributed by atoms with Crippen molar-refractivity contribution in [1.29, 1.82) is 0 Å². The lowest BCUT2D eigenvalue weighted by atomic mass is 10.1. The van der Waals surface area contributed by atoms with E-state index in [0.717, 1.165) is 22.6 Å². The first-order valence-corrected chi connectivity index (χ1v) is 9.51. The number of nitrogens with zero attached hydrogens (tertiary/aromatic N) is 2. The van der Waals surface area contributed by atoms with E-state index < -0.39 is 5.97 Å². The molecule has 0 unspecified atom stereocenters. The minimum atomic E-state index is -0.468. The molecule has 0 aliphatic heterocycles. The number of ether oxygens (including phenoxy) is 2. The van der Waals surface area contributed by atoms with Crippen LogP contribution in [0.5, 0.6) is 5.75 Å². The van der Waals surface area contributed by atoms with Gasteiger partial charge in [-0.25, -0.2) is 9.48 Å². The molecular weight excluding hydrogens is 368 g/mol. The largest absolute Gasteiger partial charge is 0.482 e. The van der Waals surface area contributed by atoms with Crippen molar-refractivity contribution in [2.75, 3.05) is 6.61 Å². The molecule has 3 rings (SSSR count). The molecule has 0 fully saturated rings. The number of benzene rings is 2. The molecule has 0 N–H and O–H groups in total. The smallest absolute Gasteiger partial charge is 0.344 e. The quantitative estimate of drug-likeness (QED) is 0.424. The molecule has 0 radical (unpaired) electrons. The van der Waals surface area contributed by atoms with Crippen LogP contribution in [0.2, 0.25) is 0 Å². The first-order valence-electron chi connectivity index (χ1n) is 9.51. The van der Waals surface area contributed by atoms with Gasteiger partial charge in [-0.3, -0.25) is 4.79 Å². The molecule has 0 amide bonds. The molecule has 29 heavy (non-hydrogen) atoms. The highest BCUT2D eigenvalue weighted by Crippen LogP contribution is 2.19. The van der Waals surface area contributed by atoms with Gasteiger partial charge >= 0.3 is 5.97 Å². The van der Waals surface area contributed by atoms with E-state index >= 15 is 0 Å². The summed E-state index contributed by atoms with van der Waals surface area (Å²) in [6, 6.07) is 16.5. The summed E-state index contributed by atoms with van der Waals surface area (Å²) in [4.78, 5) is 23.7. The summed E-state index contributed by atoms with van der Waals surface area (Å²) in [7, 11) is 0. The van der Waals surface area contributed by atoms with Gasteiger partial charge in [-0.05, 0) is 50.2 Å². The molecule has 6 nitrogen and oxygen atoms in total. The van der Waals surface area contributed by atoms with Gasteiger partial charge in [0.2, 0.25) is 0 Å². The first-order chi connectivity index (χ1) is 14.0. The van der Waals surface area contributed by atoms with E-state index in [4.69, 9.17) is 9.47 Å². The number of rotatable bonds is 8. The Morgan fingerprint density at radius 3 is 2.34 bits per heavy atom. The molecule has 0 aliphatic carbocycles. The molecule has 0 atom stereocenters. The zero-order valence-electron chi connectivity index (χ0n) is 16.8. The second kappa shape index (κ2) is 9.19. The van der Waals surface area contributed by atoms with Gasteiger partial charge in [-0.2, -0.15) is 5.10 Å². The Labute approximate surface area is 170 Å². The lowest BCUT2D eigenvalue weighted by molar-refractivity contribution is -0.147. The van der Waals surface area contributed by atoms with Crippen molar-refractivity contribution in [3.05, 3.63) is 77.1 Å². The van der Waals surface area contributed by atoms with Crippen molar-refractivity contribution < 1.29 is 19.1 Å². The average Bonchev–Trinajstić information content (AvgIpc) is 3.04. The van der Waals surface area contributed by atoms with Crippen molar-refractivity contribution in [2.24, 2.45) is 0 Å². The number of Topliss-reactive ketones (excluding diaryl/α,β-unsaturated/α-hetero) is 1. The molecule has 2 aromatic carbocycles. The maximum absolute atomic E-state index is 12.1. The van der Waals surface area contributed by atoms with E-state index in [1.54, 1.807) is 24.3 Å². The lowest BCUT2D eigenvalue weighted by Crippen LogP contribution is -2.15. The fraction of sp³-hybridized carbons (Fsp3) is 0.261. The second-order valence-corrected chi connectivity index (χ2v) is 6.65. The van der Waals surface area contributed by atoms with Crippen LogP contribution in [0, 0.1) is 13.8 Å². The lowest BCUT2D eigenvalue weighted by Gasteiger charge is -2.08. The fourth-order valence-electron chi connectivity index (χ4n) is 2.98. The maximum Gasteiger partial charge on any atom is 0.344 e. The van der Waals surface area contributed by atoms with E-state index in [-0.39, 0.29) is 19.0 Å². The highest BCUT2D eigenvalue weighted by molar-refractivity contribution is 5.95. The molecule has 0 bridgehead atoms. The van der Waals surface area contributed by atoms with Crippen LogP contribution in [-0.4, -0.2) is 28.1 Å². The molecule has 0 spiro atoms. The summed E-state index contributed by atoms with van der Waals surface area (Å²) in [5.74, 6) is 0.113. The number of esters is 1. The summed E-state index contributed by atoms with van der Waals surface area (Å²) < 4.78 is 12.7. The predicted molar refractivity (Wildman–Crippen MR) is 109 cm³/mol. The van der Waals surface area contributed by atoms with Gasteiger partial charge in [0, 0.05) is 23.2 Å². The highest BCUT2D eigenvalue weighted by atomic mass is 16.6. The van der Waals surface area contributed by atoms with Gasteiger partial charge in [-0.15, -0.1) is 0 Å². The van der Waals surface area contributed by atoms with Crippen LogP contribution in [-0.2, 0) is 16.1 Å². The van der Waals surface area contributed by atoms with Gasteiger partial charge in [0.05, 0.1) is 11.4 Å². The van der Waals surface area contributed by atoms with E-state index in [9.17, 15) is 9.59 Å². The number of hydrogen-bond donors (Lipinski definition) is 0. The number of para-hydroxylation sites is 1. The highest BCUT2D eigenvalue weighted by Gasteiger charge is 2.15. The minimum absolute atomic E-state index is 0.0674. The minimum Gasteiger partial charge on any atom is -0.482 e. The number of aromatic nitrogens is 2. The predicted octanol–water partition coefficient (Wildman–Crippen LogP) is 4.20. The molecule has 1 heterocycles. The Hall–Kier alpha value is -3.41.